The molecule has 0 amide bonds. The summed E-state index contributed by atoms with van der Waals surface area (Å²) >= 11 is 3.33. The molecule has 2 heterocycles. The highest BCUT2D eigenvalue weighted by atomic mass is 79.9. The van der Waals surface area contributed by atoms with Crippen molar-refractivity contribution < 1.29 is 9.66 Å². The minimum absolute atomic E-state index is 0.00552. The zero-order valence-electron chi connectivity index (χ0n) is 10.9. The number of nitrogens with zero attached hydrogens (tertiary/aromatic N) is 2. The molecule has 0 bridgehead atoms. The molecule has 1 aliphatic heterocycles. The summed E-state index contributed by atoms with van der Waals surface area (Å²) in [5.74, 6) is 0.856. The van der Waals surface area contributed by atoms with E-state index < -0.39 is 4.92 Å². The lowest BCUT2D eigenvalue weighted by atomic mass is 9.97. The van der Waals surface area contributed by atoms with Crippen LogP contribution in [-0.2, 0) is 0 Å². The number of hydrogen-bond acceptors (Lipinski definition) is 5. The molecule has 2 rings (SSSR count). The van der Waals surface area contributed by atoms with Gasteiger partial charge in [-0.3, -0.25) is 10.1 Å². The van der Waals surface area contributed by atoms with Gasteiger partial charge < -0.3 is 10.1 Å². The van der Waals surface area contributed by atoms with Crippen LogP contribution in [0, 0.1) is 23.0 Å². The highest BCUT2D eigenvalue weighted by Gasteiger charge is 2.25. The number of nitrogens with one attached hydrogen (secondary N) is 1. The van der Waals surface area contributed by atoms with Gasteiger partial charge in [-0.15, -0.1) is 0 Å². The fraction of sp³-hybridized carbons (Fsp3) is 0.583. The van der Waals surface area contributed by atoms with Crippen molar-refractivity contribution in [1.82, 2.24) is 10.3 Å². The number of rotatable bonds is 3. The monoisotopic (exact) mass is 329 g/mol. The zero-order chi connectivity index (χ0) is 14.0. The van der Waals surface area contributed by atoms with Crippen LogP contribution >= 0.6 is 15.9 Å². The Morgan fingerprint density at radius 3 is 3.00 bits per heavy atom. The third-order valence-electron chi connectivity index (χ3n) is 3.42. The van der Waals surface area contributed by atoms with Gasteiger partial charge in [0.05, 0.1) is 9.40 Å². The normalized spacial score (nSPS) is 23.1. The Labute approximate surface area is 119 Å². The van der Waals surface area contributed by atoms with Gasteiger partial charge in [0, 0.05) is 12.1 Å². The van der Waals surface area contributed by atoms with E-state index in [1.54, 1.807) is 6.92 Å². The van der Waals surface area contributed by atoms with Crippen LogP contribution in [0.25, 0.3) is 0 Å². The van der Waals surface area contributed by atoms with E-state index in [1.807, 2.05) is 0 Å². The molecule has 0 aromatic carbocycles. The minimum Gasteiger partial charge on any atom is -0.472 e. The molecule has 6 nitrogen and oxygen atoms in total. The van der Waals surface area contributed by atoms with Gasteiger partial charge >= 0.3 is 0 Å². The molecule has 1 aromatic heterocycles. The molecular weight excluding hydrogens is 314 g/mol. The van der Waals surface area contributed by atoms with E-state index in [2.05, 4.69) is 33.2 Å². The Bertz CT molecular complexity index is 495. The molecule has 0 aliphatic carbocycles. The van der Waals surface area contributed by atoms with Gasteiger partial charge in [-0.05, 0) is 41.7 Å². The van der Waals surface area contributed by atoms with E-state index in [-0.39, 0.29) is 11.8 Å². The quantitative estimate of drug-likeness (QED) is 0.680. The molecule has 0 radical (unpaired) electrons. The first kappa shape index (κ1) is 14.2. The number of nitro groups is 1. The standard InChI is InChI=1S/C12H16BrN3O3/c1-7-3-4-14-6-10(7)19-12-11(13)8(2)9(5-15-12)16(17)18/h5,7,10,14H,3-4,6H2,1-2H3. The van der Waals surface area contributed by atoms with Crippen LogP contribution in [0.4, 0.5) is 5.69 Å². The maximum atomic E-state index is 10.8. The summed E-state index contributed by atoms with van der Waals surface area (Å²) in [6, 6.07) is 0. The van der Waals surface area contributed by atoms with E-state index in [0.717, 1.165) is 19.5 Å². The van der Waals surface area contributed by atoms with Crippen molar-refractivity contribution >= 4 is 21.6 Å². The van der Waals surface area contributed by atoms with E-state index in [4.69, 9.17) is 4.74 Å². The van der Waals surface area contributed by atoms with E-state index >= 15 is 0 Å². The van der Waals surface area contributed by atoms with Crippen LogP contribution in [0.5, 0.6) is 5.88 Å². The smallest absolute Gasteiger partial charge is 0.291 e. The molecule has 2 atom stereocenters. The van der Waals surface area contributed by atoms with E-state index in [0.29, 0.717) is 21.8 Å². The molecule has 0 spiro atoms. The minimum atomic E-state index is -0.443. The first-order chi connectivity index (χ1) is 9.00. The summed E-state index contributed by atoms with van der Waals surface area (Å²) in [5.41, 5.74) is 0.528. The van der Waals surface area contributed by atoms with Crippen molar-refractivity contribution in [2.24, 2.45) is 5.92 Å². The summed E-state index contributed by atoms with van der Waals surface area (Å²) < 4.78 is 6.43. The Hall–Kier alpha value is -1.21. The zero-order valence-corrected chi connectivity index (χ0v) is 12.4. The molecule has 19 heavy (non-hydrogen) atoms. The van der Waals surface area contributed by atoms with Gasteiger partial charge in [0.25, 0.3) is 5.69 Å². The second kappa shape index (κ2) is 5.83. The molecule has 1 aromatic rings. The fourth-order valence-corrected chi connectivity index (χ4v) is 2.47. The average molecular weight is 330 g/mol. The Morgan fingerprint density at radius 1 is 1.63 bits per heavy atom. The number of aromatic nitrogens is 1. The first-order valence-electron chi connectivity index (χ1n) is 6.17. The highest BCUT2D eigenvalue weighted by molar-refractivity contribution is 9.10. The molecule has 1 N–H and O–H groups in total. The van der Waals surface area contributed by atoms with Gasteiger partial charge in [0.15, 0.2) is 0 Å². The number of pyridine rings is 1. The third-order valence-corrected chi connectivity index (χ3v) is 4.36. The first-order valence-corrected chi connectivity index (χ1v) is 6.97. The predicted octanol–water partition coefficient (Wildman–Crippen LogP) is 2.44. The van der Waals surface area contributed by atoms with Crippen molar-refractivity contribution in [3.63, 3.8) is 0 Å². The van der Waals surface area contributed by atoms with Crippen LogP contribution < -0.4 is 10.1 Å². The summed E-state index contributed by atoms with van der Waals surface area (Å²) in [7, 11) is 0. The largest absolute Gasteiger partial charge is 0.472 e. The van der Waals surface area contributed by atoms with Crippen LogP contribution in [0.1, 0.15) is 18.9 Å². The molecule has 0 saturated carbocycles. The fourth-order valence-electron chi connectivity index (χ4n) is 2.07. The molecule has 7 heteroatoms. The van der Waals surface area contributed by atoms with Gasteiger partial charge in [0.2, 0.25) is 5.88 Å². The van der Waals surface area contributed by atoms with Crippen LogP contribution in [0.15, 0.2) is 10.7 Å². The average Bonchev–Trinajstić information content (AvgIpc) is 2.37. The van der Waals surface area contributed by atoms with Crippen molar-refractivity contribution in [2.45, 2.75) is 26.4 Å². The van der Waals surface area contributed by atoms with E-state index in [1.165, 1.54) is 6.20 Å². The molecule has 104 valence electrons. The second-order valence-electron chi connectivity index (χ2n) is 4.77. The van der Waals surface area contributed by atoms with Gasteiger partial charge in [0.1, 0.15) is 12.3 Å². The maximum absolute atomic E-state index is 10.8. The number of ether oxygens (including phenoxy) is 1. The van der Waals surface area contributed by atoms with Crippen molar-refractivity contribution in [3.05, 3.63) is 26.3 Å². The lowest BCUT2D eigenvalue weighted by Crippen LogP contribution is -2.43. The molecule has 1 saturated heterocycles. The number of hydrogen-bond donors (Lipinski definition) is 1. The molecule has 1 fully saturated rings. The lowest BCUT2D eigenvalue weighted by Gasteiger charge is -2.29. The van der Waals surface area contributed by atoms with Gasteiger partial charge in [-0.2, -0.15) is 0 Å². The second-order valence-corrected chi connectivity index (χ2v) is 5.56. The summed E-state index contributed by atoms with van der Waals surface area (Å²) in [4.78, 5) is 14.4. The summed E-state index contributed by atoms with van der Waals surface area (Å²) in [5, 5.41) is 14.1. The van der Waals surface area contributed by atoms with Gasteiger partial charge in [-0.1, -0.05) is 6.92 Å². The SMILES string of the molecule is Cc1c([N+](=O)[O-])cnc(OC2CNCCC2C)c1Br. The maximum Gasteiger partial charge on any atom is 0.291 e. The molecular formula is C12H16BrN3O3. The van der Waals surface area contributed by atoms with Crippen LogP contribution in [0.3, 0.4) is 0 Å². The van der Waals surface area contributed by atoms with Crippen molar-refractivity contribution in [1.29, 1.82) is 0 Å². The molecule has 1 aliphatic rings. The Morgan fingerprint density at radius 2 is 2.37 bits per heavy atom. The topological polar surface area (TPSA) is 77.3 Å². The summed E-state index contributed by atoms with van der Waals surface area (Å²) in [6.45, 7) is 5.58. The number of halogens is 1. The summed E-state index contributed by atoms with van der Waals surface area (Å²) in [6.07, 6.45) is 2.34. The Balaban J connectivity index is 2.21. The van der Waals surface area contributed by atoms with Crippen molar-refractivity contribution in [3.8, 4) is 5.88 Å². The third kappa shape index (κ3) is 3.03. The van der Waals surface area contributed by atoms with Gasteiger partial charge in [-0.25, -0.2) is 4.98 Å². The van der Waals surface area contributed by atoms with Crippen LogP contribution in [-0.4, -0.2) is 29.1 Å². The van der Waals surface area contributed by atoms with Crippen LogP contribution in [0.2, 0.25) is 0 Å². The molecule has 2 unspecified atom stereocenters. The van der Waals surface area contributed by atoms with E-state index in [9.17, 15) is 10.1 Å². The predicted molar refractivity (Wildman–Crippen MR) is 74.4 cm³/mol. The Kier molecular flexibility index (Phi) is 4.36. The van der Waals surface area contributed by atoms with Crippen molar-refractivity contribution in [2.75, 3.05) is 13.1 Å². The lowest BCUT2D eigenvalue weighted by molar-refractivity contribution is -0.385. The highest BCUT2D eigenvalue weighted by Crippen LogP contribution is 2.33. The number of piperidine rings is 1.